The summed E-state index contributed by atoms with van der Waals surface area (Å²) in [5, 5.41) is 4.26. The minimum atomic E-state index is -0.315. The van der Waals surface area contributed by atoms with E-state index in [4.69, 9.17) is 14.0 Å². The van der Waals surface area contributed by atoms with Crippen LogP contribution in [0, 0.1) is 5.82 Å². The lowest BCUT2D eigenvalue weighted by Crippen LogP contribution is -2.38. The summed E-state index contributed by atoms with van der Waals surface area (Å²) in [6.07, 6.45) is 0.819. The first-order valence-corrected chi connectivity index (χ1v) is 9.48. The molecule has 0 atom stereocenters. The zero-order valence-corrected chi connectivity index (χ0v) is 16.3. The summed E-state index contributed by atoms with van der Waals surface area (Å²) in [6, 6.07) is 6.12. The standard InChI is InChI=1S/C20H26FN3O4/c1-3-8-24(18(25)14-26-2)13-17-19(15-4-6-16(21)7-5-15)22-28-20(17)23-9-11-27-12-10-23/h4-7H,3,8-14H2,1-2H3. The van der Waals surface area contributed by atoms with Crippen molar-refractivity contribution in [2.24, 2.45) is 0 Å². The summed E-state index contributed by atoms with van der Waals surface area (Å²) in [5.74, 6) is 0.225. The van der Waals surface area contributed by atoms with Gasteiger partial charge in [-0.25, -0.2) is 4.39 Å². The van der Waals surface area contributed by atoms with Crippen molar-refractivity contribution in [3.63, 3.8) is 0 Å². The molecule has 1 aromatic heterocycles. The summed E-state index contributed by atoms with van der Waals surface area (Å²) in [7, 11) is 1.50. The minimum absolute atomic E-state index is 0.0179. The van der Waals surface area contributed by atoms with Gasteiger partial charge in [0.2, 0.25) is 11.8 Å². The molecule has 2 aromatic rings. The number of anilines is 1. The van der Waals surface area contributed by atoms with Gasteiger partial charge < -0.3 is 23.8 Å². The number of ether oxygens (including phenoxy) is 2. The van der Waals surface area contributed by atoms with Crippen molar-refractivity contribution < 1.29 is 23.2 Å². The Hall–Kier alpha value is -2.45. The zero-order valence-electron chi connectivity index (χ0n) is 16.3. The number of rotatable bonds is 8. The number of halogens is 1. The molecule has 1 aliphatic heterocycles. The van der Waals surface area contributed by atoms with E-state index in [2.05, 4.69) is 10.1 Å². The molecule has 1 aliphatic rings. The van der Waals surface area contributed by atoms with Crippen molar-refractivity contribution in [1.82, 2.24) is 10.1 Å². The lowest BCUT2D eigenvalue weighted by Gasteiger charge is -2.28. The normalized spacial score (nSPS) is 14.3. The molecule has 0 saturated carbocycles. The highest BCUT2D eigenvalue weighted by Gasteiger charge is 2.27. The maximum Gasteiger partial charge on any atom is 0.248 e. The molecule has 0 radical (unpaired) electrons. The maximum atomic E-state index is 13.4. The number of carbonyl (C=O) groups excluding carboxylic acids is 1. The van der Waals surface area contributed by atoms with E-state index in [9.17, 15) is 9.18 Å². The van der Waals surface area contributed by atoms with Crippen LogP contribution in [0.25, 0.3) is 11.3 Å². The van der Waals surface area contributed by atoms with Crippen LogP contribution < -0.4 is 4.90 Å². The number of methoxy groups -OCH3 is 1. The van der Waals surface area contributed by atoms with E-state index in [1.807, 2.05) is 6.92 Å². The molecule has 0 unspecified atom stereocenters. The molecule has 28 heavy (non-hydrogen) atoms. The highest BCUT2D eigenvalue weighted by Crippen LogP contribution is 2.33. The molecule has 1 fully saturated rings. The third kappa shape index (κ3) is 4.69. The molecule has 0 spiro atoms. The number of aromatic nitrogens is 1. The Bertz CT molecular complexity index is 772. The van der Waals surface area contributed by atoms with E-state index >= 15 is 0 Å². The number of hydrogen-bond donors (Lipinski definition) is 0. The molecule has 1 amide bonds. The Morgan fingerprint density at radius 1 is 1.29 bits per heavy atom. The third-order valence-electron chi connectivity index (χ3n) is 4.65. The van der Waals surface area contributed by atoms with Gasteiger partial charge in [-0.2, -0.15) is 0 Å². The smallest absolute Gasteiger partial charge is 0.248 e. The quantitative estimate of drug-likeness (QED) is 0.689. The van der Waals surface area contributed by atoms with Gasteiger partial charge in [0.25, 0.3) is 0 Å². The van der Waals surface area contributed by atoms with E-state index in [1.165, 1.54) is 19.2 Å². The lowest BCUT2D eigenvalue weighted by molar-refractivity contribution is -0.135. The Balaban J connectivity index is 1.97. The van der Waals surface area contributed by atoms with Crippen LogP contribution in [-0.2, 0) is 20.8 Å². The van der Waals surface area contributed by atoms with Crippen LogP contribution in [-0.4, -0.2) is 62.5 Å². The molecule has 2 heterocycles. The van der Waals surface area contributed by atoms with Crippen molar-refractivity contribution in [3.05, 3.63) is 35.6 Å². The molecule has 0 aliphatic carbocycles. The molecule has 8 heteroatoms. The van der Waals surface area contributed by atoms with Gasteiger partial charge in [0.15, 0.2) is 0 Å². The molecule has 0 N–H and O–H groups in total. The second-order valence-electron chi connectivity index (χ2n) is 6.67. The number of hydrogen-bond acceptors (Lipinski definition) is 6. The van der Waals surface area contributed by atoms with Gasteiger partial charge in [-0.05, 0) is 30.7 Å². The van der Waals surface area contributed by atoms with E-state index in [-0.39, 0.29) is 18.3 Å². The van der Waals surface area contributed by atoms with Crippen molar-refractivity contribution >= 4 is 11.8 Å². The van der Waals surface area contributed by atoms with Gasteiger partial charge in [0.1, 0.15) is 18.1 Å². The summed E-state index contributed by atoms with van der Waals surface area (Å²) < 4.78 is 29.5. The van der Waals surface area contributed by atoms with E-state index < -0.39 is 0 Å². The Morgan fingerprint density at radius 2 is 2.00 bits per heavy atom. The number of nitrogens with zero attached hydrogens (tertiary/aromatic N) is 3. The van der Waals surface area contributed by atoms with Crippen LogP contribution >= 0.6 is 0 Å². The first-order chi connectivity index (χ1) is 13.6. The number of morpholine rings is 1. The predicted molar refractivity (Wildman–Crippen MR) is 103 cm³/mol. The van der Waals surface area contributed by atoms with Gasteiger partial charge in [-0.1, -0.05) is 12.1 Å². The van der Waals surface area contributed by atoms with Gasteiger partial charge >= 0.3 is 0 Å². The summed E-state index contributed by atoms with van der Waals surface area (Å²) in [4.78, 5) is 16.3. The van der Waals surface area contributed by atoms with Gasteiger partial charge in [0, 0.05) is 32.3 Å². The first kappa shape index (κ1) is 20.3. The van der Waals surface area contributed by atoms with Crippen LogP contribution in [0.15, 0.2) is 28.8 Å². The summed E-state index contributed by atoms with van der Waals surface area (Å²) >= 11 is 0. The van der Waals surface area contributed by atoms with Gasteiger partial charge in [-0.15, -0.1) is 0 Å². The molecular weight excluding hydrogens is 365 g/mol. The summed E-state index contributed by atoms with van der Waals surface area (Å²) in [5.41, 5.74) is 2.18. The first-order valence-electron chi connectivity index (χ1n) is 9.48. The van der Waals surface area contributed by atoms with Gasteiger partial charge in [0.05, 0.1) is 25.3 Å². The van der Waals surface area contributed by atoms with Crippen LogP contribution in [0.4, 0.5) is 10.3 Å². The second-order valence-corrected chi connectivity index (χ2v) is 6.67. The number of carbonyl (C=O) groups is 1. The molecule has 3 rings (SSSR count). The average Bonchev–Trinajstić information content (AvgIpc) is 3.12. The fraction of sp³-hybridized carbons (Fsp3) is 0.500. The maximum absolute atomic E-state index is 13.4. The second kappa shape index (κ2) is 9.66. The fourth-order valence-corrected chi connectivity index (χ4v) is 3.26. The highest BCUT2D eigenvalue weighted by molar-refractivity contribution is 5.78. The largest absolute Gasteiger partial charge is 0.378 e. The summed E-state index contributed by atoms with van der Waals surface area (Å²) in [6.45, 7) is 5.56. The Labute approximate surface area is 164 Å². The SMILES string of the molecule is CCCN(Cc1c(-c2ccc(F)cc2)noc1N1CCOCC1)C(=O)COC. The molecule has 7 nitrogen and oxygen atoms in total. The topological polar surface area (TPSA) is 68.0 Å². The molecule has 1 aromatic carbocycles. The zero-order chi connectivity index (χ0) is 19.9. The lowest BCUT2D eigenvalue weighted by atomic mass is 10.1. The Morgan fingerprint density at radius 3 is 2.64 bits per heavy atom. The third-order valence-corrected chi connectivity index (χ3v) is 4.65. The van der Waals surface area contributed by atoms with Crippen LogP contribution in [0.2, 0.25) is 0 Å². The van der Waals surface area contributed by atoms with Crippen LogP contribution in [0.1, 0.15) is 18.9 Å². The molecule has 152 valence electrons. The van der Waals surface area contributed by atoms with Crippen molar-refractivity contribution in [3.8, 4) is 11.3 Å². The highest BCUT2D eigenvalue weighted by atomic mass is 19.1. The van der Waals surface area contributed by atoms with E-state index in [0.29, 0.717) is 51.0 Å². The molecular formula is C20H26FN3O4. The van der Waals surface area contributed by atoms with Crippen LogP contribution in [0.5, 0.6) is 0 Å². The van der Waals surface area contributed by atoms with Crippen molar-refractivity contribution in [2.75, 3.05) is 51.5 Å². The minimum Gasteiger partial charge on any atom is -0.378 e. The fourth-order valence-electron chi connectivity index (χ4n) is 3.26. The molecule has 1 saturated heterocycles. The van der Waals surface area contributed by atoms with E-state index in [1.54, 1.807) is 17.0 Å². The van der Waals surface area contributed by atoms with Gasteiger partial charge in [-0.3, -0.25) is 4.79 Å². The van der Waals surface area contributed by atoms with Crippen molar-refractivity contribution in [2.45, 2.75) is 19.9 Å². The monoisotopic (exact) mass is 391 g/mol. The predicted octanol–water partition coefficient (Wildman–Crippen LogP) is 2.70. The molecule has 0 bridgehead atoms. The van der Waals surface area contributed by atoms with Crippen LogP contribution in [0.3, 0.4) is 0 Å². The number of benzene rings is 1. The van der Waals surface area contributed by atoms with E-state index in [0.717, 1.165) is 17.5 Å². The Kier molecular flexibility index (Phi) is 7.00. The number of amides is 1. The average molecular weight is 391 g/mol. The van der Waals surface area contributed by atoms with Crippen molar-refractivity contribution in [1.29, 1.82) is 0 Å².